The Morgan fingerprint density at radius 2 is 1.20 bits per heavy atom. The summed E-state index contributed by atoms with van der Waals surface area (Å²) < 4.78 is 2.41. The van der Waals surface area contributed by atoms with E-state index in [1.165, 1.54) is 55.0 Å². The Hall–Kier alpha value is -3.84. The summed E-state index contributed by atoms with van der Waals surface area (Å²) in [5.74, 6) is 0. The summed E-state index contributed by atoms with van der Waals surface area (Å²) in [5.41, 5.74) is 7.49. The average molecular weight is 383 g/mol. The lowest BCUT2D eigenvalue weighted by atomic mass is 9.94. The van der Waals surface area contributed by atoms with Gasteiger partial charge < -0.3 is 4.57 Å². The van der Waals surface area contributed by atoms with Gasteiger partial charge >= 0.3 is 0 Å². The molecular weight excluding hydrogens is 362 g/mol. The predicted octanol–water partition coefficient (Wildman–Crippen LogP) is 7.91. The highest BCUT2D eigenvalue weighted by Crippen LogP contribution is 2.41. The first-order valence-corrected chi connectivity index (χ1v) is 10.4. The summed E-state index contributed by atoms with van der Waals surface area (Å²) in [5, 5.41) is 5.24. The summed E-state index contributed by atoms with van der Waals surface area (Å²) in [4.78, 5) is 0. The van der Waals surface area contributed by atoms with Crippen molar-refractivity contribution in [1.29, 1.82) is 0 Å². The molecule has 0 fully saturated rings. The van der Waals surface area contributed by atoms with Crippen molar-refractivity contribution in [3.63, 3.8) is 0 Å². The van der Waals surface area contributed by atoms with Crippen molar-refractivity contribution in [2.24, 2.45) is 0 Å². The first kappa shape index (κ1) is 17.1. The van der Waals surface area contributed by atoms with Crippen molar-refractivity contribution in [2.75, 3.05) is 0 Å². The summed E-state index contributed by atoms with van der Waals surface area (Å²) in [6, 6.07) is 39.4. The predicted molar refractivity (Wildman–Crippen MR) is 128 cm³/mol. The highest BCUT2D eigenvalue weighted by Gasteiger charge is 2.17. The van der Waals surface area contributed by atoms with Crippen molar-refractivity contribution in [3.8, 4) is 16.8 Å². The van der Waals surface area contributed by atoms with E-state index >= 15 is 0 Å². The Morgan fingerprint density at radius 1 is 0.533 bits per heavy atom. The van der Waals surface area contributed by atoms with Gasteiger partial charge in [0.15, 0.2) is 0 Å². The Labute approximate surface area is 175 Å². The van der Waals surface area contributed by atoms with E-state index in [-0.39, 0.29) is 0 Å². The summed E-state index contributed by atoms with van der Waals surface area (Å²) in [6.07, 6.45) is 0. The topological polar surface area (TPSA) is 4.93 Å². The van der Waals surface area contributed by atoms with Crippen LogP contribution in [0.3, 0.4) is 0 Å². The van der Waals surface area contributed by atoms with Gasteiger partial charge in [0.05, 0.1) is 11.0 Å². The average Bonchev–Trinajstić information content (AvgIpc) is 3.13. The molecule has 1 heterocycles. The Bertz CT molecular complexity index is 1520. The van der Waals surface area contributed by atoms with E-state index in [0.29, 0.717) is 0 Å². The lowest BCUT2D eigenvalue weighted by molar-refractivity contribution is 1.18. The number of hydrogen-bond donors (Lipinski definition) is 0. The molecular formula is C29H21N. The van der Waals surface area contributed by atoms with Crippen molar-refractivity contribution < 1.29 is 0 Å². The molecule has 0 aliphatic carbocycles. The number of rotatable bonds is 2. The summed E-state index contributed by atoms with van der Waals surface area (Å²) >= 11 is 0. The smallest absolute Gasteiger partial charge is 0.0553 e. The van der Waals surface area contributed by atoms with Crippen LogP contribution in [0.4, 0.5) is 0 Å². The zero-order chi connectivity index (χ0) is 20.1. The van der Waals surface area contributed by atoms with Gasteiger partial charge in [-0.2, -0.15) is 0 Å². The number of para-hydroxylation sites is 1. The van der Waals surface area contributed by atoms with Crippen LogP contribution in [-0.2, 0) is 0 Å². The number of fused-ring (bicyclic) bond motifs is 5. The third-order valence-corrected chi connectivity index (χ3v) is 6.03. The van der Waals surface area contributed by atoms with Gasteiger partial charge in [-0.15, -0.1) is 0 Å². The molecule has 0 aliphatic heterocycles. The molecule has 0 amide bonds. The van der Waals surface area contributed by atoms with Gasteiger partial charge in [0.2, 0.25) is 0 Å². The van der Waals surface area contributed by atoms with Crippen LogP contribution in [0.5, 0.6) is 0 Å². The standard InChI is InChI=1S/C29H21N/c1-20-16-17-27-26(18-20)29-24-15-9-8-14-23(24)25(21-10-4-2-5-11-21)19-28(29)30(27)22-12-6-3-7-13-22/h2-19H,1H3. The Balaban J connectivity index is 1.88. The second-order valence-electron chi connectivity index (χ2n) is 7.92. The molecule has 142 valence electrons. The minimum Gasteiger partial charge on any atom is -0.309 e. The molecule has 1 aromatic heterocycles. The molecule has 0 saturated carbocycles. The fraction of sp³-hybridized carbons (Fsp3) is 0.0345. The van der Waals surface area contributed by atoms with Gasteiger partial charge in [0.25, 0.3) is 0 Å². The van der Waals surface area contributed by atoms with Crippen LogP contribution in [0, 0.1) is 6.92 Å². The molecule has 0 bridgehead atoms. The summed E-state index contributed by atoms with van der Waals surface area (Å²) in [6.45, 7) is 2.17. The van der Waals surface area contributed by atoms with Crippen molar-refractivity contribution >= 4 is 32.6 Å². The lowest BCUT2D eigenvalue weighted by Crippen LogP contribution is -1.94. The number of benzene rings is 5. The van der Waals surface area contributed by atoms with Gasteiger partial charge in [0.1, 0.15) is 0 Å². The van der Waals surface area contributed by atoms with E-state index in [1.807, 2.05) is 0 Å². The molecule has 1 heteroatoms. The summed E-state index contributed by atoms with van der Waals surface area (Å²) in [7, 11) is 0. The Kier molecular flexibility index (Phi) is 3.75. The van der Waals surface area contributed by atoms with Crippen LogP contribution in [0.25, 0.3) is 49.4 Å². The van der Waals surface area contributed by atoms with Crippen molar-refractivity contribution in [2.45, 2.75) is 6.92 Å². The fourth-order valence-corrected chi connectivity index (χ4v) is 4.71. The normalized spacial score (nSPS) is 11.5. The molecule has 0 unspecified atom stereocenters. The zero-order valence-corrected chi connectivity index (χ0v) is 16.8. The fourth-order valence-electron chi connectivity index (χ4n) is 4.71. The molecule has 6 aromatic rings. The lowest BCUT2D eigenvalue weighted by Gasteiger charge is -2.12. The maximum absolute atomic E-state index is 2.41. The minimum atomic E-state index is 1.19. The van der Waals surface area contributed by atoms with Crippen LogP contribution in [0.2, 0.25) is 0 Å². The second-order valence-corrected chi connectivity index (χ2v) is 7.92. The highest BCUT2D eigenvalue weighted by atomic mass is 15.0. The molecule has 1 nitrogen and oxygen atoms in total. The molecule has 0 aliphatic rings. The first-order chi connectivity index (χ1) is 14.8. The molecule has 6 rings (SSSR count). The quantitative estimate of drug-likeness (QED) is 0.286. The second kappa shape index (κ2) is 6.60. The van der Waals surface area contributed by atoms with Gasteiger partial charge in [-0.25, -0.2) is 0 Å². The Morgan fingerprint density at radius 3 is 1.97 bits per heavy atom. The maximum atomic E-state index is 2.41. The van der Waals surface area contributed by atoms with E-state index in [1.54, 1.807) is 0 Å². The van der Waals surface area contributed by atoms with E-state index in [9.17, 15) is 0 Å². The zero-order valence-electron chi connectivity index (χ0n) is 16.8. The van der Waals surface area contributed by atoms with Gasteiger partial charge in [0, 0.05) is 16.5 Å². The number of hydrogen-bond acceptors (Lipinski definition) is 0. The van der Waals surface area contributed by atoms with E-state index < -0.39 is 0 Å². The van der Waals surface area contributed by atoms with Gasteiger partial charge in [-0.3, -0.25) is 0 Å². The maximum Gasteiger partial charge on any atom is 0.0553 e. The van der Waals surface area contributed by atoms with E-state index in [2.05, 4.69) is 121 Å². The number of nitrogens with zero attached hydrogens (tertiary/aromatic N) is 1. The third-order valence-electron chi connectivity index (χ3n) is 6.03. The van der Waals surface area contributed by atoms with E-state index in [0.717, 1.165) is 0 Å². The van der Waals surface area contributed by atoms with Crippen LogP contribution < -0.4 is 0 Å². The molecule has 0 N–H and O–H groups in total. The van der Waals surface area contributed by atoms with Crippen molar-refractivity contribution in [3.05, 3.63) is 115 Å². The van der Waals surface area contributed by atoms with Gasteiger partial charge in [-0.1, -0.05) is 84.4 Å². The van der Waals surface area contributed by atoms with Crippen LogP contribution >= 0.6 is 0 Å². The monoisotopic (exact) mass is 383 g/mol. The minimum absolute atomic E-state index is 1.19. The molecule has 30 heavy (non-hydrogen) atoms. The SMILES string of the molecule is Cc1ccc2c(c1)c1c3ccccc3c(-c3ccccc3)cc1n2-c1ccccc1. The van der Waals surface area contributed by atoms with E-state index in [4.69, 9.17) is 0 Å². The van der Waals surface area contributed by atoms with Crippen LogP contribution in [0.1, 0.15) is 5.56 Å². The highest BCUT2D eigenvalue weighted by molar-refractivity contribution is 6.24. The molecule has 0 atom stereocenters. The number of aromatic nitrogens is 1. The van der Waals surface area contributed by atoms with Crippen molar-refractivity contribution in [1.82, 2.24) is 4.57 Å². The number of aryl methyl sites for hydroxylation is 1. The molecule has 0 radical (unpaired) electrons. The third kappa shape index (κ3) is 2.49. The first-order valence-electron chi connectivity index (χ1n) is 10.4. The molecule has 5 aromatic carbocycles. The van der Waals surface area contributed by atoms with Gasteiger partial charge in [-0.05, 0) is 59.2 Å². The molecule has 0 spiro atoms. The molecule has 0 saturated heterocycles. The van der Waals surface area contributed by atoms with Crippen LogP contribution in [0.15, 0.2) is 109 Å². The van der Waals surface area contributed by atoms with Crippen LogP contribution in [-0.4, -0.2) is 4.57 Å². The largest absolute Gasteiger partial charge is 0.309 e.